The van der Waals surface area contributed by atoms with Crippen LogP contribution >= 0.6 is 27.7 Å². The van der Waals surface area contributed by atoms with E-state index in [-0.39, 0.29) is 5.56 Å². The summed E-state index contributed by atoms with van der Waals surface area (Å²) in [4.78, 5) is 16.9. The molecule has 0 radical (unpaired) electrons. The molecule has 148 valence electrons. The Morgan fingerprint density at radius 1 is 1.14 bits per heavy atom. The molecule has 7 nitrogen and oxygen atoms in total. The molecular weight excluding hydrogens is 452 g/mol. The Bertz CT molecular complexity index is 1190. The highest BCUT2D eigenvalue weighted by atomic mass is 79.9. The minimum Gasteiger partial charge on any atom is -0.269 e. The number of tetrazole rings is 1. The molecule has 0 bridgehead atoms. The Labute approximate surface area is 180 Å². The number of pyridine rings is 1. The lowest BCUT2D eigenvalue weighted by Gasteiger charge is -2.07. The highest BCUT2D eigenvalue weighted by Crippen LogP contribution is 2.22. The van der Waals surface area contributed by atoms with Gasteiger partial charge in [0, 0.05) is 22.5 Å². The summed E-state index contributed by atoms with van der Waals surface area (Å²) in [6.07, 6.45) is 5.15. The molecule has 3 heterocycles. The maximum Gasteiger partial charge on any atom is 0.258 e. The summed E-state index contributed by atoms with van der Waals surface area (Å²) in [6.45, 7) is 2.19. The van der Waals surface area contributed by atoms with E-state index < -0.39 is 0 Å². The molecule has 0 saturated carbocycles. The predicted molar refractivity (Wildman–Crippen MR) is 116 cm³/mol. The third-order valence-corrected chi connectivity index (χ3v) is 5.89. The Morgan fingerprint density at radius 2 is 1.97 bits per heavy atom. The highest BCUT2D eigenvalue weighted by molar-refractivity contribution is 9.10. The van der Waals surface area contributed by atoms with Gasteiger partial charge in [0.2, 0.25) is 5.16 Å². The second-order valence-electron chi connectivity index (χ2n) is 6.59. The summed E-state index contributed by atoms with van der Waals surface area (Å²) >= 11 is 4.82. The van der Waals surface area contributed by atoms with E-state index in [9.17, 15) is 4.79 Å². The van der Waals surface area contributed by atoms with Gasteiger partial charge in [-0.3, -0.25) is 9.20 Å². The summed E-state index contributed by atoms with van der Waals surface area (Å²) in [7, 11) is 0. The fourth-order valence-corrected chi connectivity index (χ4v) is 4.07. The molecule has 0 saturated heterocycles. The molecule has 0 spiro atoms. The fourth-order valence-electron chi connectivity index (χ4n) is 2.95. The molecule has 0 atom stereocenters. The van der Waals surface area contributed by atoms with Gasteiger partial charge in [-0.25, -0.2) is 4.98 Å². The van der Waals surface area contributed by atoms with Crippen LogP contribution < -0.4 is 5.56 Å². The summed E-state index contributed by atoms with van der Waals surface area (Å²) in [6, 6.07) is 13.5. The largest absolute Gasteiger partial charge is 0.269 e. The van der Waals surface area contributed by atoms with E-state index in [1.807, 2.05) is 24.3 Å². The lowest BCUT2D eigenvalue weighted by atomic mass is 10.1. The van der Waals surface area contributed by atoms with E-state index in [0.717, 1.165) is 16.6 Å². The molecule has 0 fully saturated rings. The molecule has 0 unspecified atom stereocenters. The van der Waals surface area contributed by atoms with Gasteiger partial charge in [0.15, 0.2) is 0 Å². The average molecular weight is 471 g/mol. The molecule has 0 aliphatic carbocycles. The third kappa shape index (κ3) is 4.56. The monoisotopic (exact) mass is 470 g/mol. The van der Waals surface area contributed by atoms with Crippen molar-refractivity contribution in [1.29, 1.82) is 0 Å². The smallest absolute Gasteiger partial charge is 0.258 e. The number of hydrogen-bond acceptors (Lipinski definition) is 6. The van der Waals surface area contributed by atoms with Crippen molar-refractivity contribution in [2.45, 2.75) is 37.1 Å². The lowest BCUT2D eigenvalue weighted by molar-refractivity contribution is 0.753. The first-order chi connectivity index (χ1) is 14.1. The quantitative estimate of drug-likeness (QED) is 0.378. The molecule has 4 aromatic rings. The van der Waals surface area contributed by atoms with Crippen molar-refractivity contribution in [2.24, 2.45) is 0 Å². The minimum atomic E-state index is -0.117. The molecular formula is C20H19BrN6OS. The zero-order chi connectivity index (χ0) is 20.2. The van der Waals surface area contributed by atoms with Gasteiger partial charge in [-0.1, -0.05) is 37.2 Å². The van der Waals surface area contributed by atoms with Gasteiger partial charge in [0.05, 0.1) is 11.4 Å². The van der Waals surface area contributed by atoms with E-state index in [1.54, 1.807) is 16.9 Å². The van der Waals surface area contributed by atoms with Crippen molar-refractivity contribution in [3.63, 3.8) is 0 Å². The SMILES string of the molecule is CCCCc1ccc(-n2nnnc2SCc2cc(=O)n3cc(Br)ccc3n2)cc1. The van der Waals surface area contributed by atoms with Crippen molar-refractivity contribution < 1.29 is 0 Å². The van der Waals surface area contributed by atoms with Crippen LogP contribution in [0.1, 0.15) is 31.0 Å². The van der Waals surface area contributed by atoms with Gasteiger partial charge in [0.25, 0.3) is 5.56 Å². The molecule has 3 aromatic heterocycles. The second-order valence-corrected chi connectivity index (χ2v) is 8.45. The van der Waals surface area contributed by atoms with Crippen LogP contribution in [0.15, 0.2) is 63.1 Å². The first-order valence-corrected chi connectivity index (χ1v) is 11.1. The molecule has 0 amide bonds. The maximum atomic E-state index is 12.4. The van der Waals surface area contributed by atoms with Gasteiger partial charge in [-0.15, -0.1) is 5.10 Å². The van der Waals surface area contributed by atoms with Crippen LogP contribution in [0.5, 0.6) is 0 Å². The normalized spacial score (nSPS) is 11.2. The summed E-state index contributed by atoms with van der Waals surface area (Å²) in [5.41, 5.74) is 3.40. The molecule has 9 heteroatoms. The van der Waals surface area contributed by atoms with Crippen LogP contribution in [-0.2, 0) is 12.2 Å². The van der Waals surface area contributed by atoms with Crippen LogP contribution in [0.3, 0.4) is 0 Å². The zero-order valence-electron chi connectivity index (χ0n) is 15.8. The molecule has 0 aliphatic heterocycles. The Hall–Kier alpha value is -2.52. The van der Waals surface area contributed by atoms with Gasteiger partial charge < -0.3 is 0 Å². The number of halogens is 1. The number of fused-ring (bicyclic) bond motifs is 1. The molecule has 1 aromatic carbocycles. The van der Waals surface area contributed by atoms with Crippen LogP contribution in [0.25, 0.3) is 11.3 Å². The number of nitrogens with zero attached hydrogens (tertiary/aromatic N) is 6. The highest BCUT2D eigenvalue weighted by Gasteiger charge is 2.11. The van der Waals surface area contributed by atoms with Crippen molar-refractivity contribution in [3.8, 4) is 5.69 Å². The number of rotatable bonds is 7. The van der Waals surface area contributed by atoms with Crippen molar-refractivity contribution >= 4 is 33.3 Å². The van der Waals surface area contributed by atoms with Crippen molar-refractivity contribution in [1.82, 2.24) is 29.6 Å². The molecule has 4 rings (SSSR count). The Balaban J connectivity index is 1.52. The summed E-state index contributed by atoms with van der Waals surface area (Å²) in [5.74, 6) is 0.497. The van der Waals surface area contributed by atoms with Gasteiger partial charge in [0.1, 0.15) is 5.65 Å². The number of benzene rings is 1. The molecule has 29 heavy (non-hydrogen) atoms. The number of aryl methyl sites for hydroxylation is 1. The topological polar surface area (TPSA) is 78.0 Å². The van der Waals surface area contributed by atoms with E-state index in [0.29, 0.717) is 22.3 Å². The Morgan fingerprint density at radius 3 is 2.76 bits per heavy atom. The number of thioether (sulfide) groups is 1. The standard InChI is InChI=1S/C20H19BrN6OS/c1-2-3-4-14-5-8-17(9-6-14)27-20(23-24-25-27)29-13-16-11-19(28)26-12-15(21)7-10-18(26)22-16/h5-12H,2-4,13H2,1H3. The van der Waals surface area contributed by atoms with E-state index >= 15 is 0 Å². The van der Waals surface area contributed by atoms with Crippen LogP contribution in [0.4, 0.5) is 0 Å². The summed E-state index contributed by atoms with van der Waals surface area (Å²) < 4.78 is 4.05. The van der Waals surface area contributed by atoms with E-state index in [4.69, 9.17) is 0 Å². The van der Waals surface area contributed by atoms with E-state index in [1.165, 1.54) is 34.6 Å². The summed E-state index contributed by atoms with van der Waals surface area (Å²) in [5, 5.41) is 12.7. The number of unbranched alkanes of at least 4 members (excludes halogenated alkanes) is 1. The minimum absolute atomic E-state index is 0.117. The van der Waals surface area contributed by atoms with Crippen LogP contribution in [0.2, 0.25) is 0 Å². The zero-order valence-corrected chi connectivity index (χ0v) is 18.2. The van der Waals surface area contributed by atoms with Gasteiger partial charge in [-0.2, -0.15) is 4.68 Å². The first-order valence-electron chi connectivity index (χ1n) is 9.32. The molecule has 0 N–H and O–H groups in total. The van der Waals surface area contributed by atoms with E-state index in [2.05, 4.69) is 55.5 Å². The van der Waals surface area contributed by atoms with Crippen LogP contribution in [0, 0.1) is 0 Å². The second kappa shape index (κ2) is 8.87. The number of hydrogen-bond donors (Lipinski definition) is 0. The van der Waals surface area contributed by atoms with Gasteiger partial charge >= 0.3 is 0 Å². The Kier molecular flexibility index (Phi) is 6.05. The lowest BCUT2D eigenvalue weighted by Crippen LogP contribution is -2.15. The third-order valence-electron chi connectivity index (χ3n) is 4.47. The maximum absolute atomic E-state index is 12.4. The van der Waals surface area contributed by atoms with Gasteiger partial charge in [-0.05, 0) is 69.0 Å². The van der Waals surface area contributed by atoms with Crippen molar-refractivity contribution in [2.75, 3.05) is 0 Å². The average Bonchev–Trinajstić information content (AvgIpc) is 3.20. The first kappa shape index (κ1) is 19.8. The molecule has 0 aliphatic rings. The van der Waals surface area contributed by atoms with Crippen molar-refractivity contribution in [3.05, 3.63) is 74.7 Å². The fraction of sp³-hybridized carbons (Fsp3) is 0.250. The van der Waals surface area contributed by atoms with Crippen LogP contribution in [-0.4, -0.2) is 29.6 Å². The number of aromatic nitrogens is 6. The predicted octanol–water partition coefficient (Wildman–Crippen LogP) is 4.07.